The summed E-state index contributed by atoms with van der Waals surface area (Å²) in [5, 5.41) is 9.74. The molecule has 0 amide bonds. The van der Waals surface area contributed by atoms with Crippen LogP contribution in [0.5, 0.6) is 0 Å². The minimum absolute atomic E-state index is 0.0795. The van der Waals surface area contributed by atoms with E-state index < -0.39 is 18.1 Å². The van der Waals surface area contributed by atoms with Crippen LogP contribution in [0.15, 0.2) is 30.3 Å². The molecule has 2 atom stereocenters. The zero-order valence-electron chi connectivity index (χ0n) is 9.30. The van der Waals surface area contributed by atoms with Crippen LogP contribution in [0.25, 0.3) is 0 Å². The summed E-state index contributed by atoms with van der Waals surface area (Å²) in [5.74, 6) is -0.429. The molecule has 0 saturated heterocycles. The predicted molar refractivity (Wildman–Crippen MR) is 60.6 cm³/mol. The number of ether oxygens (including phenoxy) is 1. The van der Waals surface area contributed by atoms with Gasteiger partial charge in [-0.15, -0.1) is 0 Å². The van der Waals surface area contributed by atoms with Crippen LogP contribution in [-0.4, -0.2) is 23.8 Å². The Labute approximate surface area is 95.0 Å². The minimum atomic E-state index is -0.915. The standard InChI is InChI=1S/C12H17NO3/c1-2-16-11(15)8-10(14)12(13)9-6-4-3-5-7-9/h3-7,10,12,14H,2,8,13H2,1H3. The second kappa shape index (κ2) is 6.25. The highest BCUT2D eigenvalue weighted by Gasteiger charge is 2.20. The molecule has 16 heavy (non-hydrogen) atoms. The lowest BCUT2D eigenvalue weighted by atomic mass is 10.0. The Hall–Kier alpha value is -1.39. The molecular formula is C12H17NO3. The minimum Gasteiger partial charge on any atom is -0.466 e. The number of hydrogen-bond acceptors (Lipinski definition) is 4. The Morgan fingerprint density at radius 2 is 2.06 bits per heavy atom. The van der Waals surface area contributed by atoms with Crippen molar-refractivity contribution in [2.75, 3.05) is 6.61 Å². The fourth-order valence-electron chi connectivity index (χ4n) is 1.42. The monoisotopic (exact) mass is 223 g/mol. The molecule has 88 valence electrons. The molecule has 0 bridgehead atoms. The number of aliphatic hydroxyl groups is 1. The number of carbonyl (C=O) groups excluding carboxylic acids is 1. The maximum absolute atomic E-state index is 11.2. The normalized spacial score (nSPS) is 14.2. The van der Waals surface area contributed by atoms with Crippen LogP contribution in [0.2, 0.25) is 0 Å². The van der Waals surface area contributed by atoms with Crippen molar-refractivity contribution in [2.45, 2.75) is 25.5 Å². The van der Waals surface area contributed by atoms with Crippen molar-refractivity contribution in [3.8, 4) is 0 Å². The van der Waals surface area contributed by atoms with Gasteiger partial charge in [-0.1, -0.05) is 30.3 Å². The van der Waals surface area contributed by atoms with Crippen molar-refractivity contribution < 1.29 is 14.6 Å². The van der Waals surface area contributed by atoms with E-state index >= 15 is 0 Å². The Bertz CT molecular complexity index is 326. The number of esters is 1. The highest BCUT2D eigenvalue weighted by atomic mass is 16.5. The van der Waals surface area contributed by atoms with Gasteiger partial charge >= 0.3 is 5.97 Å². The lowest BCUT2D eigenvalue weighted by molar-refractivity contribution is -0.145. The van der Waals surface area contributed by atoms with E-state index in [1.165, 1.54) is 0 Å². The van der Waals surface area contributed by atoms with Gasteiger partial charge in [-0.25, -0.2) is 0 Å². The lowest BCUT2D eigenvalue weighted by Crippen LogP contribution is -2.29. The summed E-state index contributed by atoms with van der Waals surface area (Å²) in [6.07, 6.45) is -0.995. The van der Waals surface area contributed by atoms with Gasteiger partial charge in [-0.05, 0) is 12.5 Å². The molecule has 0 aliphatic carbocycles. The quantitative estimate of drug-likeness (QED) is 0.730. The van der Waals surface area contributed by atoms with E-state index in [2.05, 4.69) is 0 Å². The molecule has 1 aromatic rings. The maximum Gasteiger partial charge on any atom is 0.308 e. The third kappa shape index (κ3) is 3.64. The molecule has 2 unspecified atom stereocenters. The van der Waals surface area contributed by atoms with Crippen molar-refractivity contribution in [3.05, 3.63) is 35.9 Å². The van der Waals surface area contributed by atoms with E-state index in [1.54, 1.807) is 6.92 Å². The largest absolute Gasteiger partial charge is 0.466 e. The van der Waals surface area contributed by atoms with E-state index in [9.17, 15) is 9.90 Å². The molecule has 4 nitrogen and oxygen atoms in total. The van der Waals surface area contributed by atoms with Crippen molar-refractivity contribution in [1.29, 1.82) is 0 Å². The van der Waals surface area contributed by atoms with Crippen molar-refractivity contribution in [1.82, 2.24) is 0 Å². The molecule has 1 aromatic carbocycles. The van der Waals surface area contributed by atoms with E-state index in [0.717, 1.165) is 5.56 Å². The first-order chi connectivity index (χ1) is 7.65. The number of hydrogen-bond donors (Lipinski definition) is 2. The number of nitrogens with two attached hydrogens (primary N) is 1. The molecule has 0 spiro atoms. The number of rotatable bonds is 5. The highest BCUT2D eigenvalue weighted by Crippen LogP contribution is 2.16. The SMILES string of the molecule is CCOC(=O)CC(O)C(N)c1ccccc1. The van der Waals surface area contributed by atoms with E-state index in [1.807, 2.05) is 30.3 Å². The average molecular weight is 223 g/mol. The van der Waals surface area contributed by atoms with Crippen molar-refractivity contribution >= 4 is 5.97 Å². The summed E-state index contributed by atoms with van der Waals surface area (Å²) < 4.78 is 4.74. The molecule has 1 rings (SSSR count). The van der Waals surface area contributed by atoms with Crippen molar-refractivity contribution in [3.63, 3.8) is 0 Å². The summed E-state index contributed by atoms with van der Waals surface area (Å²) in [6.45, 7) is 2.04. The number of carbonyl (C=O) groups is 1. The molecule has 0 radical (unpaired) electrons. The molecule has 3 N–H and O–H groups in total. The lowest BCUT2D eigenvalue weighted by Gasteiger charge is -2.18. The zero-order chi connectivity index (χ0) is 12.0. The van der Waals surface area contributed by atoms with Crippen molar-refractivity contribution in [2.24, 2.45) is 5.73 Å². The summed E-state index contributed by atoms with van der Waals surface area (Å²) in [6, 6.07) is 8.62. The maximum atomic E-state index is 11.2. The molecule has 4 heteroatoms. The Balaban J connectivity index is 2.54. The van der Waals surface area contributed by atoms with Crippen LogP contribution < -0.4 is 5.73 Å². The molecule has 0 heterocycles. The Kier molecular flexibility index (Phi) is 4.95. The number of aliphatic hydroxyl groups excluding tert-OH is 1. The molecule has 0 aliphatic rings. The van der Waals surface area contributed by atoms with Gasteiger partial charge in [0.25, 0.3) is 0 Å². The van der Waals surface area contributed by atoms with Crippen LogP contribution >= 0.6 is 0 Å². The Morgan fingerprint density at radius 3 is 2.62 bits per heavy atom. The fraction of sp³-hybridized carbons (Fsp3) is 0.417. The summed E-state index contributed by atoms with van der Waals surface area (Å²) in [4.78, 5) is 11.2. The van der Waals surface area contributed by atoms with Gasteiger partial charge < -0.3 is 15.6 Å². The Morgan fingerprint density at radius 1 is 1.44 bits per heavy atom. The van der Waals surface area contributed by atoms with Gasteiger partial charge in [0.1, 0.15) is 0 Å². The van der Waals surface area contributed by atoms with Gasteiger partial charge in [0, 0.05) is 0 Å². The predicted octanol–water partition coefficient (Wildman–Crippen LogP) is 1.00. The first-order valence-electron chi connectivity index (χ1n) is 5.29. The highest BCUT2D eigenvalue weighted by molar-refractivity contribution is 5.70. The third-order valence-electron chi connectivity index (χ3n) is 2.28. The summed E-state index contributed by atoms with van der Waals surface area (Å²) >= 11 is 0. The average Bonchev–Trinajstić information content (AvgIpc) is 2.29. The number of benzene rings is 1. The topological polar surface area (TPSA) is 72.5 Å². The van der Waals surface area contributed by atoms with E-state index in [4.69, 9.17) is 10.5 Å². The van der Waals surface area contributed by atoms with Crippen LogP contribution in [0.3, 0.4) is 0 Å². The van der Waals surface area contributed by atoms with Gasteiger partial charge in [-0.2, -0.15) is 0 Å². The van der Waals surface area contributed by atoms with Gasteiger partial charge in [0.05, 0.1) is 25.2 Å². The first-order valence-corrected chi connectivity index (χ1v) is 5.29. The van der Waals surface area contributed by atoms with Gasteiger partial charge in [0.2, 0.25) is 0 Å². The zero-order valence-corrected chi connectivity index (χ0v) is 9.30. The molecule has 0 aliphatic heterocycles. The molecule has 0 aromatic heterocycles. The van der Waals surface area contributed by atoms with Crippen LogP contribution in [0.4, 0.5) is 0 Å². The fourth-order valence-corrected chi connectivity index (χ4v) is 1.42. The van der Waals surface area contributed by atoms with Gasteiger partial charge in [0.15, 0.2) is 0 Å². The van der Waals surface area contributed by atoms with E-state index in [-0.39, 0.29) is 6.42 Å². The smallest absolute Gasteiger partial charge is 0.308 e. The van der Waals surface area contributed by atoms with Crippen LogP contribution in [0.1, 0.15) is 24.9 Å². The van der Waals surface area contributed by atoms with Crippen LogP contribution in [0, 0.1) is 0 Å². The van der Waals surface area contributed by atoms with Crippen LogP contribution in [-0.2, 0) is 9.53 Å². The third-order valence-corrected chi connectivity index (χ3v) is 2.28. The summed E-state index contributed by atoms with van der Waals surface area (Å²) in [7, 11) is 0. The molecule has 0 saturated carbocycles. The summed E-state index contributed by atoms with van der Waals surface area (Å²) in [5.41, 5.74) is 6.63. The second-order valence-electron chi connectivity index (χ2n) is 3.51. The molecular weight excluding hydrogens is 206 g/mol. The van der Waals surface area contributed by atoms with Gasteiger partial charge in [-0.3, -0.25) is 4.79 Å². The first kappa shape index (κ1) is 12.7. The second-order valence-corrected chi connectivity index (χ2v) is 3.51. The van der Waals surface area contributed by atoms with E-state index in [0.29, 0.717) is 6.61 Å². The molecule has 0 fully saturated rings.